The van der Waals surface area contributed by atoms with Crippen LogP contribution < -0.4 is 10.9 Å². The summed E-state index contributed by atoms with van der Waals surface area (Å²) < 4.78 is 1.76. The van der Waals surface area contributed by atoms with Crippen molar-refractivity contribution in [2.75, 3.05) is 13.1 Å². The largest absolute Gasteiger partial charge is 0.316 e. The molecular formula is C18H18ClN3OS. The molecule has 1 saturated heterocycles. The molecule has 1 atom stereocenters. The minimum Gasteiger partial charge on any atom is -0.316 e. The van der Waals surface area contributed by atoms with Crippen LogP contribution in [0, 0.1) is 5.92 Å². The smallest absolute Gasteiger partial charge is 0.262 e. The van der Waals surface area contributed by atoms with Crippen LogP contribution in [0.15, 0.2) is 40.8 Å². The van der Waals surface area contributed by atoms with E-state index in [-0.39, 0.29) is 5.56 Å². The van der Waals surface area contributed by atoms with Gasteiger partial charge in [-0.25, -0.2) is 4.98 Å². The van der Waals surface area contributed by atoms with Crippen molar-refractivity contribution in [3.63, 3.8) is 0 Å². The molecule has 4 rings (SSSR count). The molecule has 0 aliphatic carbocycles. The lowest BCUT2D eigenvalue weighted by Gasteiger charge is -2.10. The Labute approximate surface area is 149 Å². The highest BCUT2D eigenvalue weighted by Crippen LogP contribution is 2.31. The molecule has 1 aliphatic heterocycles. The molecule has 2 aromatic heterocycles. The summed E-state index contributed by atoms with van der Waals surface area (Å²) in [6.07, 6.45) is 3.90. The number of hydrogen-bond acceptors (Lipinski definition) is 4. The molecule has 6 heteroatoms. The average molecular weight is 360 g/mol. The van der Waals surface area contributed by atoms with Gasteiger partial charge in [0.25, 0.3) is 5.56 Å². The van der Waals surface area contributed by atoms with Crippen molar-refractivity contribution in [1.82, 2.24) is 14.9 Å². The molecular weight excluding hydrogens is 342 g/mol. The first-order valence-corrected chi connectivity index (χ1v) is 9.41. The summed E-state index contributed by atoms with van der Waals surface area (Å²) in [6.45, 7) is 2.87. The van der Waals surface area contributed by atoms with Crippen molar-refractivity contribution in [2.24, 2.45) is 5.92 Å². The second-order valence-electron chi connectivity index (χ2n) is 6.23. The van der Waals surface area contributed by atoms with Gasteiger partial charge in [0.15, 0.2) is 0 Å². The quantitative estimate of drug-likeness (QED) is 0.771. The van der Waals surface area contributed by atoms with Crippen molar-refractivity contribution in [2.45, 2.75) is 19.4 Å². The molecule has 0 saturated carbocycles. The van der Waals surface area contributed by atoms with Crippen molar-refractivity contribution >= 4 is 33.2 Å². The van der Waals surface area contributed by atoms with Gasteiger partial charge >= 0.3 is 0 Å². The minimum absolute atomic E-state index is 0.0529. The van der Waals surface area contributed by atoms with E-state index < -0.39 is 0 Å². The van der Waals surface area contributed by atoms with Crippen molar-refractivity contribution in [3.8, 4) is 11.1 Å². The predicted molar refractivity (Wildman–Crippen MR) is 99.9 cm³/mol. The first-order chi connectivity index (χ1) is 11.7. The number of aromatic nitrogens is 2. The lowest BCUT2D eigenvalue weighted by Crippen LogP contribution is -2.22. The Bertz CT molecular complexity index is 910. The molecule has 0 spiro atoms. The highest BCUT2D eigenvalue weighted by molar-refractivity contribution is 7.17. The monoisotopic (exact) mass is 359 g/mol. The van der Waals surface area contributed by atoms with Gasteiger partial charge in [-0.05, 0) is 49.5 Å². The number of fused-ring (bicyclic) bond motifs is 1. The van der Waals surface area contributed by atoms with E-state index in [0.29, 0.717) is 10.9 Å². The first-order valence-electron chi connectivity index (χ1n) is 8.15. The minimum atomic E-state index is 0.0529. The maximum Gasteiger partial charge on any atom is 0.262 e. The van der Waals surface area contributed by atoms with Crippen LogP contribution in [-0.2, 0) is 6.54 Å². The summed E-state index contributed by atoms with van der Waals surface area (Å²) in [7, 11) is 0. The molecule has 4 nitrogen and oxygen atoms in total. The summed E-state index contributed by atoms with van der Waals surface area (Å²) in [5, 5.41) is 6.79. The Balaban J connectivity index is 1.70. The summed E-state index contributed by atoms with van der Waals surface area (Å²) in [6, 6.07) is 7.60. The van der Waals surface area contributed by atoms with Crippen LogP contribution in [0.4, 0.5) is 0 Å². The summed E-state index contributed by atoms with van der Waals surface area (Å²) >= 11 is 7.48. The Kier molecular flexibility index (Phi) is 4.39. The fourth-order valence-electron chi connectivity index (χ4n) is 3.25. The van der Waals surface area contributed by atoms with E-state index in [9.17, 15) is 4.79 Å². The fourth-order valence-corrected chi connectivity index (χ4v) is 4.28. The van der Waals surface area contributed by atoms with Crippen LogP contribution in [0.5, 0.6) is 0 Å². The van der Waals surface area contributed by atoms with Crippen molar-refractivity contribution in [3.05, 3.63) is 51.3 Å². The summed E-state index contributed by atoms with van der Waals surface area (Å²) in [5.74, 6) is 0.658. The van der Waals surface area contributed by atoms with E-state index in [1.165, 1.54) is 17.8 Å². The third-order valence-corrected chi connectivity index (χ3v) is 5.79. The second-order valence-corrected chi connectivity index (χ2v) is 7.52. The molecule has 0 amide bonds. The molecule has 0 radical (unpaired) electrons. The average Bonchev–Trinajstić information content (AvgIpc) is 3.24. The summed E-state index contributed by atoms with van der Waals surface area (Å²) in [4.78, 5) is 18.2. The standard InChI is InChI=1S/C18H18ClN3OS/c19-14-3-1-13(2-4-14)15-10-24-17-16(15)18(23)22(11-21-17)8-6-12-5-7-20-9-12/h1-4,10-12,20H,5-9H2. The molecule has 1 fully saturated rings. The van der Waals surface area contributed by atoms with Gasteiger partial charge in [0, 0.05) is 22.5 Å². The Morgan fingerprint density at radius 3 is 2.92 bits per heavy atom. The van der Waals surface area contributed by atoms with Gasteiger partial charge in [-0.3, -0.25) is 9.36 Å². The molecule has 3 aromatic rings. The molecule has 1 N–H and O–H groups in total. The molecule has 1 unspecified atom stereocenters. The SMILES string of the molecule is O=c1c2c(-c3ccc(Cl)cc3)csc2ncn1CCC1CCNC1. The lowest BCUT2D eigenvalue weighted by atomic mass is 10.0. The zero-order chi connectivity index (χ0) is 16.5. The zero-order valence-electron chi connectivity index (χ0n) is 13.2. The first kappa shape index (κ1) is 15.8. The van der Waals surface area contributed by atoms with Gasteiger partial charge in [0.05, 0.1) is 11.7 Å². The third-order valence-electron chi connectivity index (χ3n) is 4.66. The van der Waals surface area contributed by atoms with E-state index in [2.05, 4.69) is 10.3 Å². The molecule has 24 heavy (non-hydrogen) atoms. The second kappa shape index (κ2) is 6.67. The van der Waals surface area contributed by atoms with Crippen LogP contribution in [0.2, 0.25) is 5.02 Å². The molecule has 3 heterocycles. The zero-order valence-corrected chi connectivity index (χ0v) is 14.7. The molecule has 0 bridgehead atoms. The van der Waals surface area contributed by atoms with Crippen molar-refractivity contribution in [1.29, 1.82) is 0 Å². The predicted octanol–water partition coefficient (Wildman–Crippen LogP) is 3.78. The molecule has 1 aromatic carbocycles. The Morgan fingerprint density at radius 2 is 2.17 bits per heavy atom. The Hall–Kier alpha value is -1.69. The number of nitrogens with one attached hydrogen (secondary N) is 1. The number of halogens is 1. The van der Waals surface area contributed by atoms with Crippen molar-refractivity contribution < 1.29 is 0 Å². The van der Waals surface area contributed by atoms with Crippen LogP contribution >= 0.6 is 22.9 Å². The summed E-state index contributed by atoms with van der Waals surface area (Å²) in [5.41, 5.74) is 2.00. The van der Waals surface area contributed by atoms with E-state index in [4.69, 9.17) is 11.6 Å². The van der Waals surface area contributed by atoms with Crippen LogP contribution in [-0.4, -0.2) is 22.6 Å². The molecule has 124 valence electrons. The number of thiophene rings is 1. The van der Waals surface area contributed by atoms with E-state index in [0.717, 1.165) is 47.4 Å². The number of rotatable bonds is 4. The number of hydrogen-bond donors (Lipinski definition) is 1. The van der Waals surface area contributed by atoms with Crippen LogP contribution in [0.3, 0.4) is 0 Å². The van der Waals surface area contributed by atoms with Gasteiger partial charge in [-0.15, -0.1) is 11.3 Å². The fraction of sp³-hybridized carbons (Fsp3) is 0.333. The van der Waals surface area contributed by atoms with Gasteiger partial charge < -0.3 is 5.32 Å². The van der Waals surface area contributed by atoms with Crippen LogP contribution in [0.1, 0.15) is 12.8 Å². The van der Waals surface area contributed by atoms with Gasteiger partial charge in [0.2, 0.25) is 0 Å². The Morgan fingerprint density at radius 1 is 1.33 bits per heavy atom. The normalized spacial score (nSPS) is 17.6. The maximum atomic E-state index is 12.9. The highest BCUT2D eigenvalue weighted by Gasteiger charge is 2.16. The van der Waals surface area contributed by atoms with E-state index in [1.54, 1.807) is 10.9 Å². The van der Waals surface area contributed by atoms with E-state index in [1.807, 2.05) is 29.6 Å². The topological polar surface area (TPSA) is 46.9 Å². The number of aryl methyl sites for hydroxylation is 1. The van der Waals surface area contributed by atoms with Gasteiger partial charge in [-0.1, -0.05) is 23.7 Å². The van der Waals surface area contributed by atoms with Crippen LogP contribution in [0.25, 0.3) is 21.3 Å². The third kappa shape index (κ3) is 2.99. The van der Waals surface area contributed by atoms with Gasteiger partial charge in [-0.2, -0.15) is 0 Å². The van der Waals surface area contributed by atoms with E-state index >= 15 is 0 Å². The maximum absolute atomic E-state index is 12.9. The lowest BCUT2D eigenvalue weighted by molar-refractivity contribution is 0.473. The number of benzene rings is 1. The van der Waals surface area contributed by atoms with Gasteiger partial charge in [0.1, 0.15) is 4.83 Å². The molecule has 1 aliphatic rings. The highest BCUT2D eigenvalue weighted by atomic mass is 35.5. The number of nitrogens with zero attached hydrogens (tertiary/aromatic N) is 2.